The monoisotopic (exact) mass is 489 g/mol. The molecule has 7 nitrogen and oxygen atoms in total. The summed E-state index contributed by atoms with van der Waals surface area (Å²) >= 11 is 5.70. The number of nitrogens with zero attached hydrogens (tertiary/aromatic N) is 3. The van der Waals surface area contributed by atoms with Crippen LogP contribution in [-0.4, -0.2) is 32.0 Å². The first-order valence-electron chi connectivity index (χ1n) is 11.3. The van der Waals surface area contributed by atoms with Crippen molar-refractivity contribution in [1.29, 1.82) is 0 Å². The van der Waals surface area contributed by atoms with E-state index in [2.05, 4.69) is 20.2 Å². The second-order valence-corrected chi connectivity index (χ2v) is 8.63. The number of aromatic nitrogens is 2. The normalized spacial score (nSPS) is 17.4. The van der Waals surface area contributed by atoms with Crippen LogP contribution in [0.3, 0.4) is 0 Å². The molecular formula is C26H24FN5O2S. The molecule has 1 aliphatic rings. The van der Waals surface area contributed by atoms with Crippen molar-refractivity contribution in [3.05, 3.63) is 108 Å². The first-order chi connectivity index (χ1) is 17.1. The van der Waals surface area contributed by atoms with E-state index in [9.17, 15) is 9.18 Å². The Morgan fingerprint density at radius 1 is 1.11 bits per heavy atom. The van der Waals surface area contributed by atoms with Crippen molar-refractivity contribution >= 4 is 28.9 Å². The average molecular weight is 490 g/mol. The highest BCUT2D eigenvalue weighted by atomic mass is 32.1. The number of hydrogen-bond acceptors (Lipinski definition) is 4. The molecule has 1 saturated heterocycles. The second-order valence-electron chi connectivity index (χ2n) is 8.24. The second kappa shape index (κ2) is 10.1. The van der Waals surface area contributed by atoms with Gasteiger partial charge in [0.25, 0.3) is 0 Å². The standard InChI is InChI=1S/C26H24FN5O2S/c27-19-8-1-2-9-20(19)29-23(33)12-15-32-25(24(30-26(32)35)21-10-3-4-13-28-21)22-11-5-14-31(22)17-18-7-6-16-34-18/h1-11,13-14,16,24-25H,12,15,17H2,(H,29,33)(H,30,35). The third kappa shape index (κ3) is 4.95. The number of thiocarbonyl (C=S) groups is 1. The van der Waals surface area contributed by atoms with E-state index >= 15 is 0 Å². The van der Waals surface area contributed by atoms with Crippen molar-refractivity contribution in [3.8, 4) is 0 Å². The van der Waals surface area contributed by atoms with E-state index in [1.165, 1.54) is 12.1 Å². The van der Waals surface area contributed by atoms with Crippen LogP contribution >= 0.6 is 12.2 Å². The van der Waals surface area contributed by atoms with Crippen molar-refractivity contribution in [2.75, 3.05) is 11.9 Å². The van der Waals surface area contributed by atoms with Crippen LogP contribution in [0.2, 0.25) is 0 Å². The smallest absolute Gasteiger partial charge is 0.226 e. The Kier molecular flexibility index (Phi) is 6.58. The van der Waals surface area contributed by atoms with E-state index in [0.717, 1.165) is 17.1 Å². The Morgan fingerprint density at radius 2 is 1.97 bits per heavy atom. The maximum atomic E-state index is 14.0. The van der Waals surface area contributed by atoms with Crippen molar-refractivity contribution in [2.24, 2.45) is 0 Å². The van der Waals surface area contributed by atoms with Crippen LogP contribution in [0.15, 0.2) is 89.8 Å². The molecule has 0 bridgehead atoms. The van der Waals surface area contributed by atoms with Crippen LogP contribution in [0.25, 0.3) is 0 Å². The fraction of sp³-hybridized carbons (Fsp3) is 0.192. The van der Waals surface area contributed by atoms with Gasteiger partial charge in [-0.1, -0.05) is 18.2 Å². The van der Waals surface area contributed by atoms with Crippen LogP contribution in [-0.2, 0) is 11.3 Å². The van der Waals surface area contributed by atoms with Crippen LogP contribution in [0.5, 0.6) is 0 Å². The molecule has 1 aromatic carbocycles. The Bertz CT molecular complexity index is 1310. The molecule has 2 unspecified atom stereocenters. The van der Waals surface area contributed by atoms with Crippen molar-refractivity contribution in [2.45, 2.75) is 25.0 Å². The number of pyridine rings is 1. The molecule has 4 heterocycles. The van der Waals surface area contributed by atoms with Crippen molar-refractivity contribution in [3.63, 3.8) is 0 Å². The maximum Gasteiger partial charge on any atom is 0.226 e. The van der Waals surface area contributed by atoms with E-state index in [-0.39, 0.29) is 30.1 Å². The molecule has 0 aliphatic carbocycles. The van der Waals surface area contributed by atoms with Gasteiger partial charge in [0, 0.05) is 31.1 Å². The van der Waals surface area contributed by atoms with E-state index in [1.54, 1.807) is 24.6 Å². The Labute approximate surface area is 207 Å². The number of benzene rings is 1. The highest BCUT2D eigenvalue weighted by molar-refractivity contribution is 7.80. The zero-order chi connectivity index (χ0) is 24.2. The summed E-state index contributed by atoms with van der Waals surface area (Å²) < 4.78 is 21.6. The molecule has 5 rings (SSSR count). The van der Waals surface area contributed by atoms with E-state index in [0.29, 0.717) is 18.2 Å². The third-order valence-corrected chi connectivity index (χ3v) is 6.35. The van der Waals surface area contributed by atoms with Gasteiger partial charge < -0.3 is 24.5 Å². The molecule has 1 aliphatic heterocycles. The summed E-state index contributed by atoms with van der Waals surface area (Å²) in [6.07, 6.45) is 5.55. The molecule has 0 saturated carbocycles. The molecule has 4 aromatic rings. The highest BCUT2D eigenvalue weighted by Crippen LogP contribution is 2.39. The fourth-order valence-electron chi connectivity index (χ4n) is 4.38. The van der Waals surface area contributed by atoms with Crippen molar-refractivity contribution in [1.82, 2.24) is 19.8 Å². The number of furan rings is 1. The number of hydrogen-bond donors (Lipinski definition) is 2. The van der Waals surface area contributed by atoms with Gasteiger partial charge in [0.05, 0.1) is 36.3 Å². The lowest BCUT2D eigenvalue weighted by atomic mass is 10.0. The summed E-state index contributed by atoms with van der Waals surface area (Å²) in [6, 6.07) is 19.3. The lowest BCUT2D eigenvalue weighted by molar-refractivity contribution is -0.116. The first kappa shape index (κ1) is 22.8. The number of carbonyl (C=O) groups excluding carboxylic acids is 1. The fourth-order valence-corrected chi connectivity index (χ4v) is 4.71. The predicted molar refractivity (Wildman–Crippen MR) is 134 cm³/mol. The molecule has 178 valence electrons. The summed E-state index contributed by atoms with van der Waals surface area (Å²) in [7, 11) is 0. The molecule has 1 fully saturated rings. The molecule has 0 spiro atoms. The highest BCUT2D eigenvalue weighted by Gasteiger charge is 2.41. The maximum absolute atomic E-state index is 14.0. The van der Waals surface area contributed by atoms with E-state index in [4.69, 9.17) is 16.6 Å². The lowest BCUT2D eigenvalue weighted by Crippen LogP contribution is -2.33. The zero-order valence-electron chi connectivity index (χ0n) is 18.8. The Balaban J connectivity index is 1.40. The molecule has 2 atom stereocenters. The minimum Gasteiger partial charge on any atom is -0.467 e. The van der Waals surface area contributed by atoms with Crippen LogP contribution < -0.4 is 10.6 Å². The number of anilines is 1. The van der Waals surface area contributed by atoms with E-state index < -0.39 is 5.82 Å². The lowest BCUT2D eigenvalue weighted by Gasteiger charge is -2.28. The van der Waals surface area contributed by atoms with Crippen LogP contribution in [0.1, 0.15) is 35.7 Å². The van der Waals surface area contributed by atoms with Gasteiger partial charge >= 0.3 is 0 Å². The molecule has 0 radical (unpaired) electrons. The Morgan fingerprint density at radius 3 is 2.74 bits per heavy atom. The van der Waals surface area contributed by atoms with Gasteiger partial charge in [-0.15, -0.1) is 0 Å². The summed E-state index contributed by atoms with van der Waals surface area (Å²) in [6.45, 7) is 0.918. The zero-order valence-corrected chi connectivity index (χ0v) is 19.6. The van der Waals surface area contributed by atoms with Crippen LogP contribution in [0.4, 0.5) is 10.1 Å². The van der Waals surface area contributed by atoms with Gasteiger partial charge in [-0.3, -0.25) is 9.78 Å². The minimum atomic E-state index is -0.469. The molecule has 1 amide bonds. The third-order valence-electron chi connectivity index (χ3n) is 6.00. The first-order valence-corrected chi connectivity index (χ1v) is 11.7. The summed E-state index contributed by atoms with van der Waals surface area (Å²) in [5.41, 5.74) is 2.03. The summed E-state index contributed by atoms with van der Waals surface area (Å²) in [5.74, 6) is 0.0770. The summed E-state index contributed by atoms with van der Waals surface area (Å²) in [5, 5.41) is 6.58. The average Bonchev–Trinajstić information content (AvgIpc) is 3.61. The van der Waals surface area contributed by atoms with Gasteiger partial charge in [-0.25, -0.2) is 4.39 Å². The molecule has 3 aromatic heterocycles. The number of amides is 1. The summed E-state index contributed by atoms with van der Waals surface area (Å²) in [4.78, 5) is 19.2. The predicted octanol–water partition coefficient (Wildman–Crippen LogP) is 4.66. The van der Waals surface area contributed by atoms with Gasteiger partial charge in [0.1, 0.15) is 11.6 Å². The topological polar surface area (TPSA) is 75.3 Å². The quantitative estimate of drug-likeness (QED) is 0.351. The molecule has 35 heavy (non-hydrogen) atoms. The number of rotatable bonds is 8. The van der Waals surface area contributed by atoms with Crippen LogP contribution in [0, 0.1) is 5.82 Å². The van der Waals surface area contributed by atoms with Gasteiger partial charge in [-0.05, 0) is 60.7 Å². The SMILES string of the molecule is O=C(CCN1C(=S)NC(c2ccccn2)C1c1cccn1Cc1ccco1)Nc1ccccc1F. The number of para-hydroxylation sites is 1. The van der Waals surface area contributed by atoms with E-state index in [1.807, 2.05) is 53.6 Å². The molecule has 9 heteroatoms. The minimum absolute atomic E-state index is 0.139. The molecule has 2 N–H and O–H groups in total. The molecular weight excluding hydrogens is 465 g/mol. The Hall–Kier alpha value is -3.98. The van der Waals surface area contributed by atoms with Gasteiger partial charge in [0.15, 0.2) is 5.11 Å². The number of halogens is 1. The van der Waals surface area contributed by atoms with Gasteiger partial charge in [0.2, 0.25) is 5.91 Å². The number of nitrogens with one attached hydrogen (secondary N) is 2. The number of carbonyl (C=O) groups is 1. The van der Waals surface area contributed by atoms with Crippen molar-refractivity contribution < 1.29 is 13.6 Å². The van der Waals surface area contributed by atoms with Gasteiger partial charge in [-0.2, -0.15) is 0 Å². The largest absolute Gasteiger partial charge is 0.467 e.